The van der Waals surface area contributed by atoms with Crippen molar-refractivity contribution in [2.75, 3.05) is 0 Å². The van der Waals surface area contributed by atoms with Gasteiger partial charge in [-0.25, -0.2) is 0 Å². The summed E-state index contributed by atoms with van der Waals surface area (Å²) in [7, 11) is 0. The van der Waals surface area contributed by atoms with Crippen molar-refractivity contribution in [3.05, 3.63) is 22.2 Å². The van der Waals surface area contributed by atoms with Crippen molar-refractivity contribution in [1.82, 2.24) is 0 Å². The van der Waals surface area contributed by atoms with Crippen molar-refractivity contribution in [1.29, 1.82) is 5.26 Å². The molecule has 0 amide bonds. The smallest absolute Gasteiger partial charge is 0.160 e. The monoisotopic (exact) mass is 279 g/mol. The zero-order valence-electron chi connectivity index (χ0n) is 9.29. The fraction of sp³-hybridized carbons (Fsp3) is 0.538. The number of nitrogens with zero attached hydrogens (tertiary/aromatic N) is 1. The molecule has 2 aliphatic rings. The molecule has 0 heterocycles. The second-order valence-electron chi connectivity index (χ2n) is 4.82. The molecule has 2 aliphatic carbocycles. The highest BCUT2D eigenvalue weighted by Crippen LogP contribution is 2.55. The number of carbonyl (C=O) groups excluding carboxylic acids is 1. The standard InChI is InChI=1S/C13H14BrNO/c1-13-5-2-3-9(8-14)11(13)7-12(16)10(13)4-6-15/h4,8,11H,2-3,5,7H2,1H3/b9-8+,10-4+. The molecule has 0 saturated heterocycles. The first-order valence-corrected chi connectivity index (χ1v) is 6.47. The van der Waals surface area contributed by atoms with E-state index in [9.17, 15) is 4.79 Å². The van der Waals surface area contributed by atoms with Crippen LogP contribution < -0.4 is 0 Å². The molecule has 0 aromatic rings. The van der Waals surface area contributed by atoms with E-state index in [0.717, 1.165) is 24.8 Å². The molecule has 2 nitrogen and oxygen atoms in total. The maximum absolute atomic E-state index is 11.9. The number of carbonyl (C=O) groups is 1. The Morgan fingerprint density at radius 1 is 1.62 bits per heavy atom. The summed E-state index contributed by atoms with van der Waals surface area (Å²) in [6.45, 7) is 2.13. The molecule has 2 fully saturated rings. The van der Waals surface area contributed by atoms with Gasteiger partial charge in [0.05, 0.1) is 6.07 Å². The first-order chi connectivity index (χ1) is 7.63. The van der Waals surface area contributed by atoms with Gasteiger partial charge in [-0.15, -0.1) is 0 Å². The van der Waals surface area contributed by atoms with Gasteiger partial charge < -0.3 is 0 Å². The van der Waals surface area contributed by atoms with Crippen molar-refractivity contribution < 1.29 is 4.79 Å². The highest BCUT2D eigenvalue weighted by Gasteiger charge is 2.50. The van der Waals surface area contributed by atoms with Crippen LogP contribution >= 0.6 is 15.9 Å². The summed E-state index contributed by atoms with van der Waals surface area (Å²) in [5, 5.41) is 8.77. The highest BCUT2D eigenvalue weighted by atomic mass is 79.9. The number of allylic oxidation sites excluding steroid dienone is 3. The zero-order chi connectivity index (χ0) is 11.8. The van der Waals surface area contributed by atoms with Crippen LogP contribution in [0.3, 0.4) is 0 Å². The van der Waals surface area contributed by atoms with E-state index in [0.29, 0.717) is 12.3 Å². The minimum atomic E-state index is -0.106. The zero-order valence-corrected chi connectivity index (χ0v) is 10.9. The van der Waals surface area contributed by atoms with Crippen LogP contribution in [-0.2, 0) is 4.79 Å². The third-order valence-electron chi connectivity index (χ3n) is 4.03. The molecule has 0 N–H and O–H groups in total. The van der Waals surface area contributed by atoms with Crippen LogP contribution in [0.2, 0.25) is 0 Å². The van der Waals surface area contributed by atoms with E-state index in [2.05, 4.69) is 22.9 Å². The van der Waals surface area contributed by atoms with Crippen LogP contribution in [0.5, 0.6) is 0 Å². The Morgan fingerprint density at radius 2 is 2.38 bits per heavy atom. The molecule has 16 heavy (non-hydrogen) atoms. The Labute approximate surface area is 104 Å². The largest absolute Gasteiger partial charge is 0.294 e. The predicted molar refractivity (Wildman–Crippen MR) is 65.8 cm³/mol. The van der Waals surface area contributed by atoms with Gasteiger partial charge in [-0.05, 0) is 30.2 Å². The molecule has 2 unspecified atom stereocenters. The van der Waals surface area contributed by atoms with Gasteiger partial charge in [0.15, 0.2) is 5.78 Å². The molecule has 0 aromatic carbocycles. The topological polar surface area (TPSA) is 40.9 Å². The molecular formula is C13H14BrNO. The second-order valence-corrected chi connectivity index (χ2v) is 5.28. The van der Waals surface area contributed by atoms with E-state index in [1.54, 1.807) is 0 Å². The molecule has 0 bridgehead atoms. The summed E-state index contributed by atoms with van der Waals surface area (Å²) in [6, 6.07) is 2.02. The number of ketones is 1. The maximum atomic E-state index is 11.9. The average molecular weight is 280 g/mol. The van der Waals surface area contributed by atoms with Crippen molar-refractivity contribution in [3.63, 3.8) is 0 Å². The van der Waals surface area contributed by atoms with Crippen LogP contribution in [0.1, 0.15) is 32.6 Å². The fourth-order valence-electron chi connectivity index (χ4n) is 3.15. The van der Waals surface area contributed by atoms with E-state index in [-0.39, 0.29) is 11.2 Å². The summed E-state index contributed by atoms with van der Waals surface area (Å²) in [5.41, 5.74) is 1.96. The Hall–Kier alpha value is -0.880. The summed E-state index contributed by atoms with van der Waals surface area (Å²) >= 11 is 3.39. The number of halogens is 1. The van der Waals surface area contributed by atoms with Crippen molar-refractivity contribution in [3.8, 4) is 6.07 Å². The Kier molecular flexibility index (Phi) is 3.03. The quantitative estimate of drug-likeness (QED) is 0.503. The predicted octanol–water partition coefficient (Wildman–Crippen LogP) is 3.49. The van der Waals surface area contributed by atoms with Crippen LogP contribution in [0.15, 0.2) is 22.2 Å². The number of hydrogen-bond acceptors (Lipinski definition) is 2. The molecule has 2 atom stereocenters. The van der Waals surface area contributed by atoms with E-state index in [1.165, 1.54) is 11.6 Å². The number of hydrogen-bond donors (Lipinski definition) is 0. The third-order valence-corrected chi connectivity index (χ3v) is 4.62. The Bertz CT molecular complexity index is 430. The highest BCUT2D eigenvalue weighted by molar-refractivity contribution is 9.11. The third kappa shape index (κ3) is 1.56. The summed E-state index contributed by atoms with van der Waals surface area (Å²) in [4.78, 5) is 13.9. The lowest BCUT2D eigenvalue weighted by Gasteiger charge is -2.37. The van der Waals surface area contributed by atoms with Gasteiger partial charge in [-0.3, -0.25) is 4.79 Å². The van der Waals surface area contributed by atoms with Gasteiger partial charge in [0.1, 0.15) is 0 Å². The number of rotatable bonds is 0. The first kappa shape index (κ1) is 11.6. The van der Waals surface area contributed by atoms with E-state index >= 15 is 0 Å². The Balaban J connectivity index is 2.47. The van der Waals surface area contributed by atoms with Crippen molar-refractivity contribution in [2.24, 2.45) is 11.3 Å². The van der Waals surface area contributed by atoms with Crippen molar-refractivity contribution >= 4 is 21.7 Å². The molecule has 2 rings (SSSR count). The lowest BCUT2D eigenvalue weighted by molar-refractivity contribution is -0.114. The minimum absolute atomic E-state index is 0.106. The molecule has 84 valence electrons. The average Bonchev–Trinajstić information content (AvgIpc) is 2.52. The number of Topliss-reactive ketones (excluding diaryl/α,β-unsaturated/α-hetero) is 1. The second kappa shape index (κ2) is 4.18. The summed E-state index contributed by atoms with van der Waals surface area (Å²) in [6.07, 6.45) is 5.21. The lowest BCUT2D eigenvalue weighted by Crippen LogP contribution is -2.29. The van der Waals surface area contributed by atoms with Gasteiger partial charge in [0.2, 0.25) is 0 Å². The van der Waals surface area contributed by atoms with Crippen molar-refractivity contribution in [2.45, 2.75) is 32.6 Å². The summed E-state index contributed by atoms with van der Waals surface area (Å²) < 4.78 is 0. The van der Waals surface area contributed by atoms with Gasteiger partial charge in [0.25, 0.3) is 0 Å². The fourth-order valence-corrected chi connectivity index (χ4v) is 3.70. The van der Waals surface area contributed by atoms with Crippen LogP contribution in [0.4, 0.5) is 0 Å². The molecule has 0 radical (unpaired) electrons. The maximum Gasteiger partial charge on any atom is 0.160 e. The minimum Gasteiger partial charge on any atom is -0.294 e. The molecule has 0 aliphatic heterocycles. The molecule has 0 aromatic heterocycles. The van der Waals surface area contributed by atoms with Crippen LogP contribution in [0.25, 0.3) is 0 Å². The Morgan fingerprint density at radius 3 is 3.00 bits per heavy atom. The van der Waals surface area contributed by atoms with Crippen LogP contribution in [0, 0.1) is 22.7 Å². The number of fused-ring (bicyclic) bond motifs is 1. The van der Waals surface area contributed by atoms with E-state index in [4.69, 9.17) is 5.26 Å². The molecule has 2 saturated carbocycles. The lowest BCUT2D eigenvalue weighted by atomic mass is 9.66. The van der Waals surface area contributed by atoms with E-state index in [1.807, 2.05) is 11.1 Å². The SMILES string of the molecule is CC12CCC/C(=C\Br)C1CC(=O)/C2=C\C#N. The molecule has 3 heteroatoms. The van der Waals surface area contributed by atoms with Gasteiger partial charge >= 0.3 is 0 Å². The summed E-state index contributed by atoms with van der Waals surface area (Å²) in [5.74, 6) is 0.454. The van der Waals surface area contributed by atoms with Crippen LogP contribution in [-0.4, -0.2) is 5.78 Å². The molecule has 0 spiro atoms. The van der Waals surface area contributed by atoms with Gasteiger partial charge in [0, 0.05) is 23.5 Å². The first-order valence-electron chi connectivity index (χ1n) is 5.56. The number of nitriles is 1. The normalized spacial score (nSPS) is 38.8. The van der Waals surface area contributed by atoms with E-state index < -0.39 is 0 Å². The van der Waals surface area contributed by atoms with Gasteiger partial charge in [-0.2, -0.15) is 5.26 Å². The molecular weight excluding hydrogens is 266 g/mol. The van der Waals surface area contributed by atoms with Gasteiger partial charge in [-0.1, -0.05) is 28.4 Å².